The number of fused-ring (bicyclic) bond motifs is 1. The lowest BCUT2D eigenvalue weighted by Crippen LogP contribution is -1.87. The fourth-order valence-electron chi connectivity index (χ4n) is 1.17. The molecule has 72 valence electrons. The third-order valence-electron chi connectivity index (χ3n) is 1.78. The molecule has 0 aliphatic rings. The predicted molar refractivity (Wildman–Crippen MR) is 64.4 cm³/mol. The number of hydrogen-bond donors (Lipinski definition) is 0. The lowest BCUT2D eigenvalue weighted by atomic mass is 10.2. The molecule has 0 aliphatic carbocycles. The maximum absolute atomic E-state index is 13.4. The summed E-state index contributed by atoms with van der Waals surface area (Å²) in [6.45, 7) is 0. The van der Waals surface area contributed by atoms with Crippen molar-refractivity contribution in [2.45, 2.75) is 0 Å². The van der Waals surface area contributed by atoms with Gasteiger partial charge in [0.2, 0.25) is 0 Å². The Bertz CT molecular complexity index is 516. The first-order valence-electron chi connectivity index (χ1n) is 3.68. The summed E-state index contributed by atoms with van der Waals surface area (Å²) in [4.78, 5) is 3.96. The molecule has 0 unspecified atom stereocenters. The van der Waals surface area contributed by atoms with Gasteiger partial charge in [0.1, 0.15) is 5.52 Å². The topological polar surface area (TPSA) is 12.9 Å². The monoisotopic (exact) mass is 341 g/mol. The minimum Gasteiger partial charge on any atom is -0.252 e. The fourth-order valence-corrected chi connectivity index (χ4v) is 2.00. The average molecular weight is 342 g/mol. The van der Waals surface area contributed by atoms with E-state index in [0.29, 0.717) is 15.4 Å². The van der Waals surface area contributed by atoms with Crippen molar-refractivity contribution in [2.24, 2.45) is 0 Å². The lowest BCUT2D eigenvalue weighted by Gasteiger charge is -2.03. The van der Waals surface area contributed by atoms with Crippen LogP contribution >= 0.6 is 45.8 Å². The van der Waals surface area contributed by atoms with Crippen molar-refractivity contribution in [2.75, 3.05) is 0 Å². The third-order valence-corrected chi connectivity index (χ3v) is 3.54. The van der Waals surface area contributed by atoms with E-state index in [4.69, 9.17) is 23.2 Å². The van der Waals surface area contributed by atoms with E-state index in [2.05, 4.69) is 4.98 Å². The van der Waals surface area contributed by atoms with E-state index in [9.17, 15) is 4.39 Å². The van der Waals surface area contributed by atoms with Gasteiger partial charge in [-0.25, -0.2) is 4.39 Å². The van der Waals surface area contributed by atoms with Gasteiger partial charge in [0.25, 0.3) is 0 Å². The zero-order valence-electron chi connectivity index (χ0n) is 6.69. The Labute approximate surface area is 103 Å². The fraction of sp³-hybridized carbons (Fsp3) is 0. The van der Waals surface area contributed by atoms with Gasteiger partial charge in [0.05, 0.1) is 8.59 Å². The standard InChI is InChI=1S/C9H3Cl2FIN/c10-4-1-5-8(11)7(13)3-14-9(5)6(12)2-4/h1-3H. The van der Waals surface area contributed by atoms with E-state index >= 15 is 0 Å². The first-order valence-corrected chi connectivity index (χ1v) is 5.52. The molecule has 0 saturated carbocycles. The summed E-state index contributed by atoms with van der Waals surface area (Å²) < 4.78 is 14.1. The van der Waals surface area contributed by atoms with Crippen LogP contribution in [-0.4, -0.2) is 4.98 Å². The Morgan fingerprint density at radius 2 is 2.00 bits per heavy atom. The molecule has 0 spiro atoms. The molecule has 1 heterocycles. The van der Waals surface area contributed by atoms with E-state index < -0.39 is 5.82 Å². The molecule has 1 aromatic heterocycles. The quantitative estimate of drug-likeness (QED) is 0.651. The zero-order valence-corrected chi connectivity index (χ0v) is 10.4. The second-order valence-electron chi connectivity index (χ2n) is 2.70. The Hall–Kier alpha value is -0.130. The van der Waals surface area contributed by atoms with E-state index in [0.717, 1.165) is 3.57 Å². The molecule has 5 heteroatoms. The van der Waals surface area contributed by atoms with Crippen LogP contribution in [0.1, 0.15) is 0 Å². The molecule has 14 heavy (non-hydrogen) atoms. The molecule has 2 aromatic rings. The van der Waals surface area contributed by atoms with Crippen LogP contribution in [0.4, 0.5) is 4.39 Å². The maximum Gasteiger partial charge on any atom is 0.150 e. The van der Waals surface area contributed by atoms with Gasteiger partial charge in [0, 0.05) is 16.6 Å². The minimum absolute atomic E-state index is 0.250. The smallest absolute Gasteiger partial charge is 0.150 e. The molecule has 2 rings (SSSR count). The van der Waals surface area contributed by atoms with Crippen molar-refractivity contribution in [3.05, 3.63) is 37.8 Å². The largest absolute Gasteiger partial charge is 0.252 e. The normalized spacial score (nSPS) is 10.9. The summed E-state index contributed by atoms with van der Waals surface area (Å²) >= 11 is 13.8. The second-order valence-corrected chi connectivity index (χ2v) is 4.68. The van der Waals surface area contributed by atoms with Crippen LogP contribution in [0.3, 0.4) is 0 Å². The number of benzene rings is 1. The highest BCUT2D eigenvalue weighted by molar-refractivity contribution is 14.1. The number of rotatable bonds is 0. The molecule has 1 aromatic carbocycles. The van der Waals surface area contributed by atoms with Gasteiger partial charge in [-0.2, -0.15) is 0 Å². The van der Waals surface area contributed by atoms with Crippen molar-refractivity contribution in [1.29, 1.82) is 0 Å². The highest BCUT2D eigenvalue weighted by Crippen LogP contribution is 2.30. The van der Waals surface area contributed by atoms with E-state index in [1.807, 2.05) is 22.6 Å². The highest BCUT2D eigenvalue weighted by atomic mass is 127. The zero-order chi connectivity index (χ0) is 10.3. The summed E-state index contributed by atoms with van der Waals surface area (Å²) in [7, 11) is 0. The van der Waals surface area contributed by atoms with Crippen molar-refractivity contribution in [3.8, 4) is 0 Å². The Balaban J connectivity index is 2.95. The molecule has 0 radical (unpaired) electrons. The molecule has 0 aliphatic heterocycles. The predicted octanol–water partition coefficient (Wildman–Crippen LogP) is 4.29. The van der Waals surface area contributed by atoms with Crippen LogP contribution in [0.5, 0.6) is 0 Å². The summed E-state index contributed by atoms with van der Waals surface area (Å²) in [5, 5.41) is 1.35. The van der Waals surface area contributed by atoms with Crippen molar-refractivity contribution < 1.29 is 4.39 Å². The molecule has 0 bridgehead atoms. The summed E-state index contributed by atoms with van der Waals surface area (Å²) in [5.41, 5.74) is 0.250. The molecule has 0 atom stereocenters. The van der Waals surface area contributed by atoms with E-state index in [-0.39, 0.29) is 5.52 Å². The number of aromatic nitrogens is 1. The average Bonchev–Trinajstić information content (AvgIpc) is 2.12. The van der Waals surface area contributed by atoms with E-state index in [1.165, 1.54) is 12.3 Å². The van der Waals surface area contributed by atoms with Crippen LogP contribution in [-0.2, 0) is 0 Å². The van der Waals surface area contributed by atoms with Crippen molar-refractivity contribution in [1.82, 2.24) is 4.98 Å². The number of nitrogens with zero attached hydrogens (tertiary/aromatic N) is 1. The molecule has 0 saturated heterocycles. The number of pyridine rings is 1. The van der Waals surface area contributed by atoms with Gasteiger partial charge in [0.15, 0.2) is 5.82 Å². The van der Waals surface area contributed by atoms with Gasteiger partial charge in [-0.05, 0) is 34.7 Å². The van der Waals surface area contributed by atoms with Gasteiger partial charge >= 0.3 is 0 Å². The Morgan fingerprint density at radius 1 is 1.29 bits per heavy atom. The van der Waals surface area contributed by atoms with Crippen LogP contribution in [0, 0.1) is 9.39 Å². The second kappa shape index (κ2) is 3.79. The molecule has 0 N–H and O–H groups in total. The van der Waals surface area contributed by atoms with Gasteiger partial charge in [-0.3, -0.25) is 4.98 Å². The van der Waals surface area contributed by atoms with Gasteiger partial charge in [-0.1, -0.05) is 23.2 Å². The molecular weight excluding hydrogens is 339 g/mol. The van der Waals surface area contributed by atoms with Gasteiger partial charge < -0.3 is 0 Å². The van der Waals surface area contributed by atoms with Crippen LogP contribution < -0.4 is 0 Å². The number of hydrogen-bond acceptors (Lipinski definition) is 1. The Kier molecular flexibility index (Phi) is 2.81. The summed E-state index contributed by atoms with van der Waals surface area (Å²) in [6, 6.07) is 2.83. The van der Waals surface area contributed by atoms with Crippen LogP contribution in [0.25, 0.3) is 10.9 Å². The minimum atomic E-state index is -0.453. The Morgan fingerprint density at radius 3 is 2.71 bits per heavy atom. The first-order chi connectivity index (χ1) is 6.59. The molecule has 0 fully saturated rings. The number of halogens is 4. The summed E-state index contributed by atoms with van der Waals surface area (Å²) in [5.74, 6) is -0.453. The lowest BCUT2D eigenvalue weighted by molar-refractivity contribution is 0.637. The first kappa shape index (κ1) is 10.4. The maximum atomic E-state index is 13.4. The van der Waals surface area contributed by atoms with Crippen LogP contribution in [0.2, 0.25) is 10.0 Å². The molecule has 0 amide bonds. The van der Waals surface area contributed by atoms with E-state index in [1.54, 1.807) is 6.07 Å². The summed E-state index contributed by atoms with van der Waals surface area (Å²) in [6.07, 6.45) is 1.53. The third kappa shape index (κ3) is 1.68. The van der Waals surface area contributed by atoms with Crippen molar-refractivity contribution in [3.63, 3.8) is 0 Å². The highest BCUT2D eigenvalue weighted by Gasteiger charge is 2.09. The van der Waals surface area contributed by atoms with Gasteiger partial charge in [-0.15, -0.1) is 0 Å². The SMILES string of the molecule is Fc1cc(Cl)cc2c(Cl)c(I)cnc12. The van der Waals surface area contributed by atoms with Crippen molar-refractivity contribution >= 4 is 56.7 Å². The molecular formula is C9H3Cl2FIN. The van der Waals surface area contributed by atoms with Crippen LogP contribution in [0.15, 0.2) is 18.3 Å². The molecule has 1 nitrogen and oxygen atoms in total.